The number of benzene rings is 2. The van der Waals surface area contributed by atoms with Gasteiger partial charge in [-0.1, -0.05) is 6.07 Å². The second kappa shape index (κ2) is 6.99. The van der Waals surface area contributed by atoms with E-state index >= 15 is 0 Å². The van der Waals surface area contributed by atoms with Crippen LogP contribution in [0.4, 0.5) is 15.8 Å². The highest BCUT2D eigenvalue weighted by Crippen LogP contribution is 2.29. The average molecular weight is 306 g/mol. The quantitative estimate of drug-likeness (QED) is 0.658. The molecule has 110 valence electrons. The molecule has 0 aliphatic carbocycles. The minimum atomic E-state index is -0.391. The molecule has 0 aliphatic rings. The maximum absolute atomic E-state index is 13.0. The monoisotopic (exact) mass is 306 g/mol. The third kappa shape index (κ3) is 4.39. The third-order valence-electron chi connectivity index (χ3n) is 2.69. The Kier molecular flexibility index (Phi) is 5.05. The highest BCUT2D eigenvalue weighted by molar-refractivity contribution is 8.00. The number of anilines is 2. The predicted molar refractivity (Wildman–Crippen MR) is 83.2 cm³/mol. The van der Waals surface area contributed by atoms with Crippen molar-refractivity contribution >= 4 is 29.0 Å². The van der Waals surface area contributed by atoms with E-state index in [0.717, 1.165) is 4.90 Å². The number of ether oxygens (including phenoxy) is 1. The Morgan fingerprint density at radius 3 is 2.86 bits per heavy atom. The number of hydrogen-bond acceptors (Lipinski definition) is 4. The van der Waals surface area contributed by atoms with Crippen molar-refractivity contribution in [3.8, 4) is 5.75 Å². The predicted octanol–water partition coefficient (Wildman–Crippen LogP) is 3.15. The van der Waals surface area contributed by atoms with Crippen LogP contribution in [0.1, 0.15) is 0 Å². The van der Waals surface area contributed by atoms with Crippen LogP contribution in [-0.4, -0.2) is 18.8 Å². The van der Waals surface area contributed by atoms with Crippen molar-refractivity contribution in [3.05, 3.63) is 48.3 Å². The molecule has 0 unspecified atom stereocenters. The summed E-state index contributed by atoms with van der Waals surface area (Å²) in [6.45, 7) is 0. The van der Waals surface area contributed by atoms with Gasteiger partial charge in [0.25, 0.3) is 0 Å². The van der Waals surface area contributed by atoms with Gasteiger partial charge in [0, 0.05) is 16.3 Å². The van der Waals surface area contributed by atoms with E-state index in [1.807, 2.05) is 0 Å². The lowest BCUT2D eigenvalue weighted by Gasteiger charge is -2.08. The van der Waals surface area contributed by atoms with Gasteiger partial charge in [-0.15, -0.1) is 11.8 Å². The Hall–Kier alpha value is -2.21. The molecule has 2 rings (SSSR count). The normalized spacial score (nSPS) is 10.2. The molecule has 0 radical (unpaired) electrons. The molecule has 0 saturated heterocycles. The fourth-order valence-corrected chi connectivity index (χ4v) is 2.47. The Morgan fingerprint density at radius 1 is 1.33 bits per heavy atom. The number of hydrogen-bond donors (Lipinski definition) is 2. The Balaban J connectivity index is 1.95. The first-order chi connectivity index (χ1) is 10.1. The molecule has 2 aromatic rings. The fraction of sp³-hybridized carbons (Fsp3) is 0.133. The minimum Gasteiger partial charge on any atom is -0.497 e. The molecular formula is C15H15FN2O2S. The van der Waals surface area contributed by atoms with Gasteiger partial charge in [0.05, 0.1) is 12.9 Å². The van der Waals surface area contributed by atoms with Gasteiger partial charge in [-0.25, -0.2) is 4.39 Å². The van der Waals surface area contributed by atoms with Gasteiger partial charge in [-0.2, -0.15) is 0 Å². The van der Waals surface area contributed by atoms with Crippen LogP contribution >= 0.6 is 11.8 Å². The van der Waals surface area contributed by atoms with E-state index in [9.17, 15) is 9.18 Å². The molecule has 2 aromatic carbocycles. The summed E-state index contributed by atoms with van der Waals surface area (Å²) in [5.41, 5.74) is 6.86. The number of rotatable bonds is 5. The first-order valence-corrected chi connectivity index (χ1v) is 7.19. The molecule has 0 bridgehead atoms. The number of thioether (sulfide) groups is 1. The molecule has 0 saturated carbocycles. The van der Waals surface area contributed by atoms with Gasteiger partial charge < -0.3 is 15.8 Å². The van der Waals surface area contributed by atoms with Crippen LogP contribution in [0.3, 0.4) is 0 Å². The van der Waals surface area contributed by atoms with Gasteiger partial charge in [0.1, 0.15) is 11.6 Å². The number of methoxy groups -OCH3 is 1. The Labute approximate surface area is 126 Å². The van der Waals surface area contributed by atoms with Crippen molar-refractivity contribution in [1.29, 1.82) is 0 Å². The summed E-state index contributed by atoms with van der Waals surface area (Å²) >= 11 is 1.30. The Morgan fingerprint density at radius 2 is 2.14 bits per heavy atom. The van der Waals surface area contributed by atoms with E-state index < -0.39 is 5.82 Å². The van der Waals surface area contributed by atoms with Gasteiger partial charge in [0.2, 0.25) is 5.91 Å². The molecule has 0 aromatic heterocycles. The lowest BCUT2D eigenvalue weighted by atomic mass is 10.3. The number of nitrogen functional groups attached to an aromatic ring is 1. The van der Waals surface area contributed by atoms with Crippen LogP contribution < -0.4 is 15.8 Å². The summed E-state index contributed by atoms with van der Waals surface area (Å²) in [5, 5.41) is 2.63. The van der Waals surface area contributed by atoms with Crippen LogP contribution in [0.5, 0.6) is 5.75 Å². The molecule has 0 aliphatic heterocycles. The second-order valence-electron chi connectivity index (χ2n) is 4.25. The summed E-state index contributed by atoms with van der Waals surface area (Å²) < 4.78 is 18.1. The van der Waals surface area contributed by atoms with Crippen molar-refractivity contribution in [2.24, 2.45) is 0 Å². The Bertz CT molecular complexity index is 649. The summed E-state index contributed by atoms with van der Waals surface area (Å²) in [4.78, 5) is 12.6. The zero-order valence-corrected chi connectivity index (χ0v) is 12.2. The zero-order valence-electron chi connectivity index (χ0n) is 11.4. The molecule has 6 heteroatoms. The highest BCUT2D eigenvalue weighted by atomic mass is 32.2. The molecule has 0 fully saturated rings. The van der Waals surface area contributed by atoms with E-state index in [2.05, 4.69) is 5.32 Å². The van der Waals surface area contributed by atoms with Crippen LogP contribution in [-0.2, 0) is 4.79 Å². The molecule has 0 heterocycles. The summed E-state index contributed by atoms with van der Waals surface area (Å²) in [6.07, 6.45) is 0. The van der Waals surface area contributed by atoms with Gasteiger partial charge >= 0.3 is 0 Å². The van der Waals surface area contributed by atoms with E-state index in [1.54, 1.807) is 31.4 Å². The van der Waals surface area contributed by atoms with Crippen LogP contribution in [0.2, 0.25) is 0 Å². The van der Waals surface area contributed by atoms with Gasteiger partial charge in [-0.05, 0) is 36.4 Å². The second-order valence-corrected chi connectivity index (χ2v) is 5.27. The van der Waals surface area contributed by atoms with Crippen molar-refractivity contribution in [1.82, 2.24) is 0 Å². The highest BCUT2D eigenvalue weighted by Gasteiger charge is 2.07. The standard InChI is InChI=1S/C15H15FN2O2S/c1-20-12-5-6-13(17)14(8-12)21-9-15(19)18-11-4-2-3-10(16)7-11/h2-8H,9,17H2,1H3,(H,18,19). The average Bonchev–Trinajstić information content (AvgIpc) is 2.46. The minimum absolute atomic E-state index is 0.174. The summed E-state index contributed by atoms with van der Waals surface area (Å²) in [7, 11) is 1.57. The van der Waals surface area contributed by atoms with Crippen molar-refractivity contribution in [2.75, 3.05) is 23.9 Å². The van der Waals surface area contributed by atoms with Crippen molar-refractivity contribution < 1.29 is 13.9 Å². The van der Waals surface area contributed by atoms with Crippen LogP contribution in [0.15, 0.2) is 47.4 Å². The number of amides is 1. The van der Waals surface area contributed by atoms with E-state index in [-0.39, 0.29) is 11.7 Å². The first kappa shape index (κ1) is 15.2. The summed E-state index contributed by atoms with van der Waals surface area (Å²) in [5.74, 6) is 0.232. The molecule has 3 N–H and O–H groups in total. The fourth-order valence-electron chi connectivity index (χ4n) is 1.67. The maximum Gasteiger partial charge on any atom is 0.234 e. The lowest BCUT2D eigenvalue weighted by Crippen LogP contribution is -2.14. The summed E-state index contributed by atoms with van der Waals surface area (Å²) in [6, 6.07) is 11.0. The SMILES string of the molecule is COc1ccc(N)c(SCC(=O)Nc2cccc(F)c2)c1. The molecule has 0 atom stereocenters. The molecule has 21 heavy (non-hydrogen) atoms. The number of nitrogens with one attached hydrogen (secondary N) is 1. The number of nitrogens with two attached hydrogens (primary N) is 1. The number of carbonyl (C=O) groups excluding carboxylic acids is 1. The zero-order chi connectivity index (χ0) is 15.2. The smallest absolute Gasteiger partial charge is 0.234 e. The van der Waals surface area contributed by atoms with Crippen LogP contribution in [0, 0.1) is 5.82 Å². The first-order valence-electron chi connectivity index (χ1n) is 6.20. The maximum atomic E-state index is 13.0. The molecule has 4 nitrogen and oxygen atoms in total. The van der Waals surface area contributed by atoms with Crippen molar-refractivity contribution in [3.63, 3.8) is 0 Å². The number of carbonyl (C=O) groups is 1. The van der Waals surface area contributed by atoms with Gasteiger partial charge in [-0.3, -0.25) is 4.79 Å². The van der Waals surface area contributed by atoms with Crippen LogP contribution in [0.25, 0.3) is 0 Å². The van der Waals surface area contributed by atoms with E-state index in [0.29, 0.717) is 17.1 Å². The topological polar surface area (TPSA) is 64.3 Å². The third-order valence-corrected chi connectivity index (χ3v) is 3.76. The largest absolute Gasteiger partial charge is 0.497 e. The molecule has 0 spiro atoms. The van der Waals surface area contributed by atoms with E-state index in [4.69, 9.17) is 10.5 Å². The molecular weight excluding hydrogens is 291 g/mol. The number of halogens is 1. The molecule has 1 amide bonds. The van der Waals surface area contributed by atoms with Gasteiger partial charge in [0.15, 0.2) is 0 Å². The van der Waals surface area contributed by atoms with Crippen molar-refractivity contribution in [2.45, 2.75) is 4.90 Å². The van der Waals surface area contributed by atoms with E-state index in [1.165, 1.54) is 30.0 Å². The lowest BCUT2D eigenvalue weighted by molar-refractivity contribution is -0.113.